The van der Waals surface area contributed by atoms with Crippen molar-refractivity contribution in [2.75, 3.05) is 20.3 Å². The third kappa shape index (κ3) is 6.85. The molecule has 0 aromatic heterocycles. The van der Waals surface area contributed by atoms with Gasteiger partial charge in [-0.1, -0.05) is 62.7 Å². The van der Waals surface area contributed by atoms with Crippen molar-refractivity contribution in [1.82, 2.24) is 0 Å². The van der Waals surface area contributed by atoms with Gasteiger partial charge in [0.2, 0.25) is 0 Å². The van der Waals surface area contributed by atoms with Crippen LogP contribution in [0.4, 0.5) is 4.39 Å². The molecule has 3 aromatic carbocycles. The fourth-order valence-corrected chi connectivity index (χ4v) is 5.50. The van der Waals surface area contributed by atoms with Crippen molar-refractivity contribution >= 4 is 11.6 Å². The van der Waals surface area contributed by atoms with Gasteiger partial charge >= 0.3 is 0 Å². The van der Waals surface area contributed by atoms with Gasteiger partial charge in [0, 0.05) is 36.0 Å². The second-order valence-electron chi connectivity index (χ2n) is 10.7. The van der Waals surface area contributed by atoms with Crippen LogP contribution in [0, 0.1) is 17.7 Å². The lowest BCUT2D eigenvalue weighted by Crippen LogP contribution is -2.23. The number of halogens is 1. The van der Waals surface area contributed by atoms with Gasteiger partial charge in [-0.25, -0.2) is 4.39 Å². The molecule has 0 bridgehead atoms. The number of aromatic hydroxyl groups is 1. The first-order chi connectivity index (χ1) is 19.8. The highest BCUT2D eigenvalue weighted by Gasteiger charge is 2.36. The molecule has 7 heteroatoms. The number of allylic oxidation sites excluding steroid dienone is 2. The van der Waals surface area contributed by atoms with Gasteiger partial charge in [-0.3, -0.25) is 9.59 Å². The lowest BCUT2D eigenvalue weighted by molar-refractivity contribution is -0.122. The summed E-state index contributed by atoms with van der Waals surface area (Å²) in [6, 6.07) is 18.0. The average Bonchev–Trinajstić information content (AvgIpc) is 3.43. The zero-order valence-electron chi connectivity index (χ0n) is 23.7. The summed E-state index contributed by atoms with van der Waals surface area (Å²) in [6.07, 6.45) is 3.49. The summed E-state index contributed by atoms with van der Waals surface area (Å²) in [5.41, 5.74) is 2.27. The quantitative estimate of drug-likeness (QED) is 0.229. The normalized spacial score (nSPS) is 17.9. The highest BCUT2D eigenvalue weighted by molar-refractivity contribution is 6.11. The molecular formula is C34H37FO6. The SMILES string of the molecule is CCC(C)C(CO)CC(=O)COc1cccc(C2CC(c3ccc(F)cc3)C=C2C(=O)c2ccccc2O)c1OC. The zero-order valence-corrected chi connectivity index (χ0v) is 23.7. The highest BCUT2D eigenvalue weighted by Crippen LogP contribution is 2.49. The lowest BCUT2D eigenvalue weighted by atomic mass is 9.86. The van der Waals surface area contributed by atoms with Crippen LogP contribution in [0.3, 0.4) is 0 Å². The van der Waals surface area contributed by atoms with Crippen molar-refractivity contribution in [2.45, 2.75) is 44.9 Å². The first-order valence-corrected chi connectivity index (χ1v) is 14.0. The number of ether oxygens (including phenoxy) is 2. The third-order valence-corrected chi connectivity index (χ3v) is 8.11. The zero-order chi connectivity index (χ0) is 29.5. The van der Waals surface area contributed by atoms with Crippen LogP contribution < -0.4 is 9.47 Å². The Morgan fingerprint density at radius 1 is 1.05 bits per heavy atom. The Balaban J connectivity index is 1.64. The molecule has 3 aromatic rings. The maximum atomic E-state index is 13.8. The Kier molecular flexibility index (Phi) is 9.95. The number of ketones is 2. The number of hydrogen-bond donors (Lipinski definition) is 2. The van der Waals surface area contributed by atoms with E-state index in [0.29, 0.717) is 29.1 Å². The molecule has 4 atom stereocenters. The first-order valence-electron chi connectivity index (χ1n) is 14.0. The van der Waals surface area contributed by atoms with E-state index in [0.717, 1.165) is 12.0 Å². The van der Waals surface area contributed by atoms with E-state index in [1.165, 1.54) is 25.3 Å². The van der Waals surface area contributed by atoms with Gasteiger partial charge in [0.15, 0.2) is 23.1 Å². The second-order valence-corrected chi connectivity index (χ2v) is 10.7. The number of phenolic OH excluding ortho intramolecular Hbond substituents is 1. The van der Waals surface area contributed by atoms with Crippen LogP contribution in [0.1, 0.15) is 66.4 Å². The molecule has 0 radical (unpaired) electrons. The predicted octanol–water partition coefficient (Wildman–Crippen LogP) is 6.61. The van der Waals surface area contributed by atoms with Crippen molar-refractivity contribution in [3.05, 3.63) is 101 Å². The topological polar surface area (TPSA) is 93.1 Å². The van der Waals surface area contributed by atoms with E-state index in [1.807, 2.05) is 26.0 Å². The third-order valence-electron chi connectivity index (χ3n) is 8.11. The standard InChI is InChI=1S/C34H37FO6/c1-4-21(2)24(19-36)16-26(37)20-41-32-11-7-9-27(34(32)40-3)29-17-23(22-12-14-25(35)15-13-22)18-30(29)33(39)28-8-5-6-10-31(28)38/h5-15,18,21,23-24,29,36,38H,4,16-17,19-20H2,1-3H3. The molecule has 1 aliphatic rings. The molecule has 0 amide bonds. The van der Waals surface area contributed by atoms with Crippen molar-refractivity contribution in [3.8, 4) is 17.2 Å². The van der Waals surface area contributed by atoms with Crippen molar-refractivity contribution in [3.63, 3.8) is 0 Å². The van der Waals surface area contributed by atoms with Gasteiger partial charge in [0.05, 0.1) is 12.7 Å². The van der Waals surface area contributed by atoms with Gasteiger partial charge in [-0.15, -0.1) is 0 Å². The number of Topliss-reactive ketones (excluding diaryl/α,β-unsaturated/α-hetero) is 2. The summed E-state index contributed by atoms with van der Waals surface area (Å²) >= 11 is 0. The number of phenols is 1. The molecule has 0 saturated heterocycles. The van der Waals surface area contributed by atoms with E-state index in [2.05, 4.69) is 0 Å². The number of hydrogen-bond acceptors (Lipinski definition) is 6. The van der Waals surface area contributed by atoms with Gasteiger partial charge < -0.3 is 19.7 Å². The molecule has 4 rings (SSSR count). The van der Waals surface area contributed by atoms with E-state index >= 15 is 0 Å². The monoisotopic (exact) mass is 560 g/mol. The predicted molar refractivity (Wildman–Crippen MR) is 155 cm³/mol. The number of benzene rings is 3. The van der Waals surface area contributed by atoms with Crippen molar-refractivity contribution < 1.29 is 33.7 Å². The number of methoxy groups -OCH3 is 1. The maximum Gasteiger partial charge on any atom is 0.193 e. The summed E-state index contributed by atoms with van der Waals surface area (Å²) in [7, 11) is 1.51. The van der Waals surface area contributed by atoms with Crippen LogP contribution in [-0.2, 0) is 4.79 Å². The van der Waals surface area contributed by atoms with Gasteiger partial charge in [-0.05, 0) is 54.2 Å². The summed E-state index contributed by atoms with van der Waals surface area (Å²) in [6.45, 7) is 3.82. The van der Waals surface area contributed by atoms with Crippen LogP contribution in [0.5, 0.6) is 17.2 Å². The minimum Gasteiger partial charge on any atom is -0.507 e. The Morgan fingerprint density at radius 2 is 1.78 bits per heavy atom. The summed E-state index contributed by atoms with van der Waals surface area (Å²) in [5.74, 6) is -0.566. The van der Waals surface area contributed by atoms with Crippen LogP contribution in [0.25, 0.3) is 0 Å². The smallest absolute Gasteiger partial charge is 0.193 e. The van der Waals surface area contributed by atoms with Crippen LogP contribution in [0.2, 0.25) is 0 Å². The van der Waals surface area contributed by atoms with E-state index < -0.39 is 5.92 Å². The number of carbonyl (C=O) groups is 2. The molecule has 0 aliphatic heterocycles. The number of aliphatic hydroxyl groups is 1. The molecule has 41 heavy (non-hydrogen) atoms. The van der Waals surface area contributed by atoms with E-state index in [9.17, 15) is 24.2 Å². The van der Waals surface area contributed by atoms with E-state index in [4.69, 9.17) is 9.47 Å². The summed E-state index contributed by atoms with van der Waals surface area (Å²) < 4.78 is 25.4. The Labute approximate surface area is 240 Å². The summed E-state index contributed by atoms with van der Waals surface area (Å²) in [5, 5.41) is 20.1. The molecule has 0 heterocycles. The number of rotatable bonds is 13. The molecular weight excluding hydrogens is 523 g/mol. The van der Waals surface area contributed by atoms with Crippen molar-refractivity contribution in [1.29, 1.82) is 0 Å². The minimum atomic E-state index is -0.407. The fraction of sp³-hybridized carbons (Fsp3) is 0.353. The lowest BCUT2D eigenvalue weighted by Gasteiger charge is -2.22. The van der Waals surface area contributed by atoms with Crippen LogP contribution in [-0.4, -0.2) is 42.1 Å². The van der Waals surface area contributed by atoms with E-state index in [-0.39, 0.29) is 66.1 Å². The molecule has 2 N–H and O–H groups in total. The number of aliphatic hydroxyl groups excluding tert-OH is 1. The molecule has 4 unspecified atom stereocenters. The molecule has 0 fully saturated rings. The Hall–Kier alpha value is -3.97. The average molecular weight is 561 g/mol. The molecule has 0 saturated carbocycles. The molecule has 216 valence electrons. The first kappa shape index (κ1) is 30.0. The van der Waals surface area contributed by atoms with Gasteiger partial charge in [0.25, 0.3) is 0 Å². The van der Waals surface area contributed by atoms with Gasteiger partial charge in [-0.2, -0.15) is 0 Å². The molecule has 1 aliphatic carbocycles. The molecule has 0 spiro atoms. The van der Waals surface area contributed by atoms with Gasteiger partial charge in [0.1, 0.15) is 18.2 Å². The maximum absolute atomic E-state index is 13.8. The minimum absolute atomic E-state index is 0.0590. The summed E-state index contributed by atoms with van der Waals surface area (Å²) in [4.78, 5) is 26.5. The Bertz CT molecular complexity index is 1400. The van der Waals surface area contributed by atoms with Crippen LogP contribution in [0.15, 0.2) is 78.4 Å². The largest absolute Gasteiger partial charge is 0.507 e. The van der Waals surface area contributed by atoms with Crippen molar-refractivity contribution in [2.24, 2.45) is 11.8 Å². The number of para-hydroxylation sites is 2. The van der Waals surface area contributed by atoms with E-state index in [1.54, 1.807) is 42.5 Å². The Morgan fingerprint density at radius 3 is 2.44 bits per heavy atom. The molecule has 6 nitrogen and oxygen atoms in total. The number of carbonyl (C=O) groups excluding carboxylic acids is 2. The highest BCUT2D eigenvalue weighted by atomic mass is 19.1. The van der Waals surface area contributed by atoms with Crippen LogP contribution >= 0.6 is 0 Å². The fourth-order valence-electron chi connectivity index (χ4n) is 5.50. The second kappa shape index (κ2) is 13.6.